The summed E-state index contributed by atoms with van der Waals surface area (Å²) >= 11 is 0. The van der Waals surface area contributed by atoms with E-state index in [0.29, 0.717) is 17.4 Å². The molecule has 2 atom stereocenters. The molecule has 1 aromatic carbocycles. The Labute approximate surface area is 162 Å². The highest BCUT2D eigenvalue weighted by Crippen LogP contribution is 2.43. The van der Waals surface area contributed by atoms with Gasteiger partial charge in [-0.25, -0.2) is 0 Å². The standard InChI is InChI=1S/C23H34O.C2H6/c1-19(16-21-12-9-13-21)18-24-20(2)23(14-7-4-8-15-23)17-22-10-5-3-6-11-22;1-2/h3,5-6,10-12,19-20H,4,7-9,13-18H2,1-2H3;1-2H3. The monoisotopic (exact) mass is 356 g/mol. The Bertz CT molecular complexity index is 524. The lowest BCUT2D eigenvalue weighted by Crippen LogP contribution is -2.39. The molecule has 0 amide bonds. The summed E-state index contributed by atoms with van der Waals surface area (Å²) in [5.41, 5.74) is 3.47. The molecular formula is C25H40O. The van der Waals surface area contributed by atoms with Gasteiger partial charge < -0.3 is 4.74 Å². The fraction of sp³-hybridized carbons (Fsp3) is 0.680. The summed E-state index contributed by atoms with van der Waals surface area (Å²) in [7, 11) is 0. The second-order valence-electron chi connectivity index (χ2n) is 8.27. The van der Waals surface area contributed by atoms with E-state index in [1.165, 1.54) is 63.4 Å². The van der Waals surface area contributed by atoms with Crippen molar-refractivity contribution in [2.75, 3.05) is 6.61 Å². The summed E-state index contributed by atoms with van der Waals surface area (Å²) in [5, 5.41) is 0. The molecule has 0 N–H and O–H groups in total. The number of ether oxygens (including phenoxy) is 1. The molecule has 3 rings (SSSR count). The van der Waals surface area contributed by atoms with Crippen molar-refractivity contribution in [3.05, 3.63) is 47.5 Å². The zero-order chi connectivity index (χ0) is 18.8. The van der Waals surface area contributed by atoms with Crippen LogP contribution >= 0.6 is 0 Å². The van der Waals surface area contributed by atoms with Crippen molar-refractivity contribution in [2.45, 2.75) is 91.6 Å². The number of hydrogen-bond donors (Lipinski definition) is 0. The van der Waals surface area contributed by atoms with Gasteiger partial charge in [-0.2, -0.15) is 0 Å². The van der Waals surface area contributed by atoms with Crippen LogP contribution in [0.15, 0.2) is 42.0 Å². The molecule has 1 nitrogen and oxygen atoms in total. The smallest absolute Gasteiger partial charge is 0.0606 e. The fourth-order valence-electron chi connectivity index (χ4n) is 4.51. The van der Waals surface area contributed by atoms with Crippen LogP contribution in [0.4, 0.5) is 0 Å². The van der Waals surface area contributed by atoms with Crippen LogP contribution in [0.1, 0.15) is 84.6 Å². The molecule has 2 unspecified atom stereocenters. The van der Waals surface area contributed by atoms with Crippen molar-refractivity contribution < 1.29 is 4.74 Å². The molecule has 2 aliphatic carbocycles. The summed E-state index contributed by atoms with van der Waals surface area (Å²) in [6.07, 6.45) is 14.5. The van der Waals surface area contributed by atoms with Crippen molar-refractivity contribution in [3.63, 3.8) is 0 Å². The van der Waals surface area contributed by atoms with Crippen LogP contribution < -0.4 is 0 Å². The predicted octanol–water partition coefficient (Wildman–Crippen LogP) is 7.36. The third kappa shape index (κ3) is 5.98. The molecule has 2 aliphatic rings. The van der Waals surface area contributed by atoms with E-state index in [1.807, 2.05) is 13.8 Å². The van der Waals surface area contributed by atoms with Crippen LogP contribution in [0.2, 0.25) is 0 Å². The molecule has 0 aliphatic heterocycles. The molecule has 0 saturated heterocycles. The molecule has 0 spiro atoms. The van der Waals surface area contributed by atoms with E-state index < -0.39 is 0 Å². The zero-order valence-corrected chi connectivity index (χ0v) is 17.6. The maximum atomic E-state index is 6.46. The van der Waals surface area contributed by atoms with Gasteiger partial charge in [-0.1, -0.05) is 82.0 Å². The minimum atomic E-state index is 0.342. The Morgan fingerprint density at radius 3 is 2.23 bits per heavy atom. The van der Waals surface area contributed by atoms with Gasteiger partial charge in [0, 0.05) is 12.0 Å². The van der Waals surface area contributed by atoms with E-state index in [1.54, 1.807) is 5.57 Å². The van der Waals surface area contributed by atoms with Crippen LogP contribution in [-0.4, -0.2) is 12.7 Å². The summed E-state index contributed by atoms with van der Waals surface area (Å²) < 4.78 is 6.46. The van der Waals surface area contributed by atoms with Gasteiger partial charge in [0.25, 0.3) is 0 Å². The van der Waals surface area contributed by atoms with Gasteiger partial charge in [0.15, 0.2) is 0 Å². The minimum Gasteiger partial charge on any atom is -0.378 e. The first-order valence-corrected chi connectivity index (χ1v) is 11.0. The van der Waals surface area contributed by atoms with Gasteiger partial charge in [0.2, 0.25) is 0 Å². The Morgan fingerprint density at radius 1 is 1.00 bits per heavy atom. The van der Waals surface area contributed by atoms with E-state index in [-0.39, 0.29) is 0 Å². The topological polar surface area (TPSA) is 9.23 Å². The van der Waals surface area contributed by atoms with Gasteiger partial charge in [0.1, 0.15) is 0 Å². The molecule has 0 bridgehead atoms. The van der Waals surface area contributed by atoms with Gasteiger partial charge in [0.05, 0.1) is 6.10 Å². The second-order valence-corrected chi connectivity index (χ2v) is 8.27. The highest BCUT2D eigenvalue weighted by Gasteiger charge is 2.38. The Balaban J connectivity index is 0.00000117. The average Bonchev–Trinajstić information content (AvgIpc) is 2.66. The van der Waals surface area contributed by atoms with Gasteiger partial charge in [-0.3, -0.25) is 0 Å². The SMILES string of the molecule is CC.CC(COC(C)C1(Cc2ccccc2)CCCCC1)CC1=CCC1. The first-order valence-electron chi connectivity index (χ1n) is 11.0. The van der Waals surface area contributed by atoms with E-state index in [0.717, 1.165) is 6.61 Å². The molecule has 0 aromatic heterocycles. The van der Waals surface area contributed by atoms with Gasteiger partial charge >= 0.3 is 0 Å². The van der Waals surface area contributed by atoms with Crippen LogP contribution in [0, 0.1) is 11.3 Å². The highest BCUT2D eigenvalue weighted by molar-refractivity contribution is 5.17. The second kappa shape index (κ2) is 10.9. The number of benzene rings is 1. The van der Waals surface area contributed by atoms with Crippen LogP contribution in [0.25, 0.3) is 0 Å². The van der Waals surface area contributed by atoms with E-state index in [4.69, 9.17) is 4.74 Å². The average molecular weight is 357 g/mol. The molecular weight excluding hydrogens is 316 g/mol. The highest BCUT2D eigenvalue weighted by atomic mass is 16.5. The first kappa shape index (κ1) is 21.2. The molecule has 146 valence electrons. The van der Waals surface area contributed by atoms with Crippen molar-refractivity contribution in [2.24, 2.45) is 11.3 Å². The minimum absolute atomic E-state index is 0.342. The fourth-order valence-corrected chi connectivity index (χ4v) is 4.51. The Kier molecular flexibility index (Phi) is 8.91. The third-order valence-electron chi connectivity index (χ3n) is 6.25. The molecule has 1 aromatic rings. The lowest BCUT2D eigenvalue weighted by Gasteiger charge is -2.42. The molecule has 1 heteroatoms. The molecule has 0 heterocycles. The molecule has 26 heavy (non-hydrogen) atoms. The van der Waals surface area contributed by atoms with Gasteiger partial charge in [-0.05, 0) is 56.9 Å². The largest absolute Gasteiger partial charge is 0.378 e. The maximum absolute atomic E-state index is 6.46. The Hall–Kier alpha value is -1.08. The first-order chi connectivity index (χ1) is 12.7. The lowest BCUT2D eigenvalue weighted by atomic mass is 9.67. The summed E-state index contributed by atoms with van der Waals surface area (Å²) in [6, 6.07) is 11.0. The maximum Gasteiger partial charge on any atom is 0.0606 e. The van der Waals surface area contributed by atoms with Gasteiger partial charge in [-0.15, -0.1) is 0 Å². The van der Waals surface area contributed by atoms with Crippen molar-refractivity contribution >= 4 is 0 Å². The lowest BCUT2D eigenvalue weighted by molar-refractivity contribution is -0.0590. The summed E-state index contributed by atoms with van der Waals surface area (Å²) in [5.74, 6) is 0.649. The van der Waals surface area contributed by atoms with E-state index in [2.05, 4.69) is 50.3 Å². The molecule has 1 fully saturated rings. The van der Waals surface area contributed by atoms with Crippen LogP contribution in [0.3, 0.4) is 0 Å². The van der Waals surface area contributed by atoms with Crippen molar-refractivity contribution in [1.29, 1.82) is 0 Å². The van der Waals surface area contributed by atoms with Crippen LogP contribution in [0.5, 0.6) is 0 Å². The Morgan fingerprint density at radius 2 is 1.65 bits per heavy atom. The van der Waals surface area contributed by atoms with E-state index in [9.17, 15) is 0 Å². The number of hydrogen-bond acceptors (Lipinski definition) is 1. The van der Waals surface area contributed by atoms with Crippen molar-refractivity contribution in [1.82, 2.24) is 0 Å². The van der Waals surface area contributed by atoms with Crippen molar-refractivity contribution in [3.8, 4) is 0 Å². The molecule has 1 saturated carbocycles. The quantitative estimate of drug-likeness (QED) is 0.442. The van der Waals surface area contributed by atoms with E-state index >= 15 is 0 Å². The summed E-state index contributed by atoms with van der Waals surface area (Å²) in [4.78, 5) is 0. The normalized spacial score (nSPS) is 20.8. The zero-order valence-electron chi connectivity index (χ0n) is 17.6. The predicted molar refractivity (Wildman–Crippen MR) is 114 cm³/mol. The molecule has 0 radical (unpaired) electrons. The number of rotatable bonds is 8. The summed E-state index contributed by atoms with van der Waals surface area (Å²) in [6.45, 7) is 9.59. The van der Waals surface area contributed by atoms with Crippen LogP contribution in [-0.2, 0) is 11.2 Å². The number of allylic oxidation sites excluding steroid dienone is 2. The third-order valence-corrected chi connectivity index (χ3v) is 6.25.